The highest BCUT2D eigenvalue weighted by Crippen LogP contribution is 2.68. The third-order valence-electron chi connectivity index (χ3n) is 7.87. The Hall–Kier alpha value is -2.49. The highest BCUT2D eigenvalue weighted by Gasteiger charge is 2.61. The number of rotatable bonds is 3. The molecule has 2 aliphatic rings. The van der Waals surface area contributed by atoms with Crippen LogP contribution in [0.5, 0.6) is 0 Å². The monoisotopic (exact) mass is 372 g/mol. The molecule has 0 spiro atoms. The molecule has 2 unspecified atom stereocenters. The molecule has 0 aromatic carbocycles. The van der Waals surface area contributed by atoms with Crippen molar-refractivity contribution in [2.75, 3.05) is 0 Å². The Morgan fingerprint density at radius 1 is 1.04 bits per heavy atom. The van der Waals surface area contributed by atoms with E-state index < -0.39 is 0 Å². The average Bonchev–Trinajstić information content (AvgIpc) is 3.28. The summed E-state index contributed by atoms with van der Waals surface area (Å²) in [5.74, 6) is 0.551. The second-order valence-electron chi connectivity index (χ2n) is 9.75. The molecule has 2 bridgehead atoms. The van der Waals surface area contributed by atoms with E-state index in [1.54, 1.807) is 0 Å². The Labute approximate surface area is 166 Å². The van der Waals surface area contributed by atoms with E-state index in [0.717, 1.165) is 22.8 Å². The average molecular weight is 373 g/mol. The zero-order valence-corrected chi connectivity index (χ0v) is 17.4. The van der Waals surface area contributed by atoms with Crippen LogP contribution in [0.25, 0.3) is 11.4 Å². The van der Waals surface area contributed by atoms with Crippen molar-refractivity contribution in [3.8, 4) is 11.4 Å². The SMILES string of the molecule is CC(C)(c1ccccn1)c1cccc(-c2n[nH]c3c2C2CCC3(C)C2(C)C)n1. The van der Waals surface area contributed by atoms with Gasteiger partial charge >= 0.3 is 0 Å². The maximum Gasteiger partial charge on any atom is 0.114 e. The Bertz CT molecular complexity index is 1050. The molecular formula is C24H28N4. The summed E-state index contributed by atoms with van der Waals surface area (Å²) in [7, 11) is 0. The minimum atomic E-state index is -0.263. The fourth-order valence-electron chi connectivity index (χ4n) is 5.54. The number of aromatic amines is 1. The first-order valence-corrected chi connectivity index (χ1v) is 10.2. The molecule has 4 nitrogen and oxygen atoms in total. The molecule has 1 N–H and O–H groups in total. The predicted octanol–water partition coefficient (Wildman–Crippen LogP) is 5.37. The summed E-state index contributed by atoms with van der Waals surface area (Å²) in [6.45, 7) is 11.6. The Morgan fingerprint density at radius 2 is 1.82 bits per heavy atom. The van der Waals surface area contributed by atoms with Crippen LogP contribution in [0.3, 0.4) is 0 Å². The first-order valence-electron chi connectivity index (χ1n) is 10.2. The maximum absolute atomic E-state index is 5.07. The van der Waals surface area contributed by atoms with Gasteiger partial charge in [-0.1, -0.05) is 32.9 Å². The fourth-order valence-corrected chi connectivity index (χ4v) is 5.54. The van der Waals surface area contributed by atoms with Gasteiger partial charge < -0.3 is 0 Å². The van der Waals surface area contributed by atoms with Crippen LogP contribution in [0.1, 0.15) is 76.0 Å². The van der Waals surface area contributed by atoms with E-state index in [1.807, 2.05) is 18.3 Å². The standard InChI is InChI=1S/C24H28N4/c1-22(2,17-10-6-7-14-25-17)18-11-8-9-16(26-18)20-19-15-12-13-24(5,23(15,3)4)21(19)28-27-20/h6-11,14-15H,12-13H2,1-5H3,(H,27,28). The van der Waals surface area contributed by atoms with Gasteiger partial charge in [0, 0.05) is 28.3 Å². The molecular weight excluding hydrogens is 344 g/mol. The summed E-state index contributed by atoms with van der Waals surface area (Å²) >= 11 is 0. The molecule has 0 radical (unpaired) electrons. The van der Waals surface area contributed by atoms with Crippen molar-refractivity contribution in [3.05, 3.63) is 65.2 Å². The van der Waals surface area contributed by atoms with Crippen molar-refractivity contribution in [3.63, 3.8) is 0 Å². The highest BCUT2D eigenvalue weighted by molar-refractivity contribution is 5.66. The highest BCUT2D eigenvalue weighted by atomic mass is 15.2. The minimum absolute atomic E-state index is 0.184. The Balaban J connectivity index is 1.61. The van der Waals surface area contributed by atoms with Crippen LogP contribution in [0, 0.1) is 5.41 Å². The molecule has 144 valence electrons. The van der Waals surface area contributed by atoms with Crippen molar-refractivity contribution < 1.29 is 0 Å². The molecule has 2 aliphatic carbocycles. The third-order valence-corrected chi connectivity index (χ3v) is 7.87. The van der Waals surface area contributed by atoms with Crippen molar-refractivity contribution in [1.29, 1.82) is 0 Å². The van der Waals surface area contributed by atoms with E-state index in [4.69, 9.17) is 10.1 Å². The number of nitrogens with zero attached hydrogens (tertiary/aromatic N) is 3. The van der Waals surface area contributed by atoms with Gasteiger partial charge in [-0.3, -0.25) is 15.1 Å². The zero-order chi connectivity index (χ0) is 19.7. The van der Waals surface area contributed by atoms with E-state index in [9.17, 15) is 0 Å². The molecule has 1 saturated carbocycles. The van der Waals surface area contributed by atoms with Gasteiger partial charge in [0.1, 0.15) is 5.69 Å². The molecule has 2 atom stereocenters. The second-order valence-corrected chi connectivity index (χ2v) is 9.75. The van der Waals surface area contributed by atoms with Crippen LogP contribution in [0.2, 0.25) is 0 Å². The van der Waals surface area contributed by atoms with Crippen molar-refractivity contribution in [2.24, 2.45) is 5.41 Å². The van der Waals surface area contributed by atoms with Crippen molar-refractivity contribution in [2.45, 2.75) is 64.2 Å². The first kappa shape index (κ1) is 17.6. The molecule has 3 aromatic heterocycles. The van der Waals surface area contributed by atoms with E-state index >= 15 is 0 Å². The van der Waals surface area contributed by atoms with Gasteiger partial charge in [-0.25, -0.2) is 0 Å². The van der Waals surface area contributed by atoms with Gasteiger partial charge in [-0.2, -0.15) is 5.10 Å². The van der Waals surface area contributed by atoms with Gasteiger partial charge in [0.25, 0.3) is 0 Å². The van der Waals surface area contributed by atoms with Crippen LogP contribution in [-0.4, -0.2) is 20.2 Å². The molecule has 0 saturated heterocycles. The smallest absolute Gasteiger partial charge is 0.114 e. The van der Waals surface area contributed by atoms with Crippen LogP contribution < -0.4 is 0 Å². The number of fused-ring (bicyclic) bond motifs is 5. The topological polar surface area (TPSA) is 54.5 Å². The van der Waals surface area contributed by atoms with E-state index in [2.05, 4.69) is 69.0 Å². The molecule has 4 heteroatoms. The Morgan fingerprint density at radius 3 is 2.57 bits per heavy atom. The summed E-state index contributed by atoms with van der Waals surface area (Å²) in [5, 5.41) is 8.15. The predicted molar refractivity (Wildman–Crippen MR) is 111 cm³/mol. The van der Waals surface area contributed by atoms with Gasteiger partial charge in [0.05, 0.1) is 17.1 Å². The van der Waals surface area contributed by atoms with Crippen LogP contribution in [0.4, 0.5) is 0 Å². The third kappa shape index (κ3) is 2.09. The van der Waals surface area contributed by atoms with Gasteiger partial charge in [0.2, 0.25) is 0 Å². The molecule has 0 aliphatic heterocycles. The molecule has 3 aromatic rings. The molecule has 5 rings (SSSR count). The number of hydrogen-bond donors (Lipinski definition) is 1. The number of aromatic nitrogens is 4. The van der Waals surface area contributed by atoms with Crippen molar-refractivity contribution >= 4 is 0 Å². The largest absolute Gasteiger partial charge is 0.281 e. The van der Waals surface area contributed by atoms with Crippen LogP contribution >= 0.6 is 0 Å². The lowest BCUT2D eigenvalue weighted by molar-refractivity contribution is 0.225. The quantitative estimate of drug-likeness (QED) is 0.673. The molecule has 0 amide bonds. The lowest BCUT2D eigenvalue weighted by atomic mass is 9.70. The van der Waals surface area contributed by atoms with Crippen LogP contribution in [0.15, 0.2) is 42.6 Å². The lowest BCUT2D eigenvalue weighted by Gasteiger charge is -2.34. The van der Waals surface area contributed by atoms with Gasteiger partial charge in [-0.15, -0.1) is 0 Å². The van der Waals surface area contributed by atoms with Crippen LogP contribution in [-0.2, 0) is 10.8 Å². The summed E-state index contributed by atoms with van der Waals surface area (Å²) in [4.78, 5) is 9.65. The number of H-pyrrole nitrogens is 1. The van der Waals surface area contributed by atoms with Gasteiger partial charge in [0.15, 0.2) is 0 Å². The number of hydrogen-bond acceptors (Lipinski definition) is 3. The Kier molecular flexibility index (Phi) is 3.47. The van der Waals surface area contributed by atoms with E-state index in [-0.39, 0.29) is 16.2 Å². The number of nitrogens with one attached hydrogen (secondary N) is 1. The van der Waals surface area contributed by atoms with Crippen molar-refractivity contribution in [1.82, 2.24) is 20.2 Å². The lowest BCUT2D eigenvalue weighted by Crippen LogP contribution is -2.32. The van der Waals surface area contributed by atoms with Gasteiger partial charge in [-0.05, 0) is 62.3 Å². The second kappa shape index (κ2) is 5.53. The summed E-state index contributed by atoms with van der Waals surface area (Å²) in [6.07, 6.45) is 4.32. The first-order chi connectivity index (χ1) is 13.3. The normalized spacial score (nSPS) is 25.1. The summed E-state index contributed by atoms with van der Waals surface area (Å²) in [5.41, 5.74) is 6.97. The molecule has 28 heavy (non-hydrogen) atoms. The summed E-state index contributed by atoms with van der Waals surface area (Å²) in [6, 6.07) is 12.4. The fraction of sp³-hybridized carbons (Fsp3) is 0.458. The minimum Gasteiger partial charge on any atom is -0.281 e. The maximum atomic E-state index is 5.07. The number of pyridine rings is 2. The zero-order valence-electron chi connectivity index (χ0n) is 17.4. The van der Waals surface area contributed by atoms with E-state index in [0.29, 0.717) is 5.92 Å². The molecule has 1 fully saturated rings. The summed E-state index contributed by atoms with van der Waals surface area (Å²) < 4.78 is 0. The van der Waals surface area contributed by atoms with E-state index in [1.165, 1.54) is 24.1 Å². The molecule has 3 heterocycles.